The van der Waals surface area contributed by atoms with E-state index in [4.69, 9.17) is 4.74 Å². The molecule has 2 fully saturated rings. The third kappa shape index (κ3) is 2.77. The van der Waals surface area contributed by atoms with Crippen LogP contribution in [0.1, 0.15) is 32.6 Å². The lowest BCUT2D eigenvalue weighted by molar-refractivity contribution is 0.0507. The molecule has 1 saturated carbocycles. The number of rotatable bonds is 4. The fraction of sp³-hybridized carbons (Fsp3) is 0.833. The number of nitrogens with one attached hydrogen (secondary N) is 1. The molecule has 3 rings (SSSR count). The van der Waals surface area contributed by atoms with Crippen molar-refractivity contribution < 1.29 is 4.74 Å². The second-order valence-electron chi connectivity index (χ2n) is 5.52. The Bertz CT molecular complexity index is 380. The van der Waals surface area contributed by atoms with Crippen LogP contribution in [0.2, 0.25) is 0 Å². The van der Waals surface area contributed by atoms with Crippen molar-refractivity contribution in [2.24, 2.45) is 5.92 Å². The van der Waals surface area contributed by atoms with Crippen LogP contribution in [0.5, 0.6) is 5.88 Å². The maximum atomic E-state index is 5.99. The smallest absolute Gasteiger partial charge is 0.254 e. The van der Waals surface area contributed by atoms with Crippen molar-refractivity contribution in [3.63, 3.8) is 0 Å². The van der Waals surface area contributed by atoms with Gasteiger partial charge in [-0.25, -0.2) is 4.68 Å². The molecule has 0 amide bonds. The summed E-state index contributed by atoms with van der Waals surface area (Å²) >= 11 is 0. The third-order valence-corrected chi connectivity index (χ3v) is 3.67. The quantitative estimate of drug-likeness (QED) is 0.853. The van der Waals surface area contributed by atoms with Gasteiger partial charge in [0, 0.05) is 6.54 Å². The molecule has 0 atom stereocenters. The van der Waals surface area contributed by atoms with Gasteiger partial charge < -0.3 is 10.1 Å². The Morgan fingerprint density at radius 2 is 2.24 bits per heavy atom. The van der Waals surface area contributed by atoms with Crippen molar-refractivity contribution in [3.8, 4) is 5.88 Å². The Hall–Kier alpha value is -1.10. The second-order valence-corrected chi connectivity index (χ2v) is 5.52. The molecule has 1 aliphatic heterocycles. The first-order valence-electron chi connectivity index (χ1n) is 6.53. The summed E-state index contributed by atoms with van der Waals surface area (Å²) < 4.78 is 7.91. The van der Waals surface area contributed by atoms with E-state index < -0.39 is 0 Å². The van der Waals surface area contributed by atoms with E-state index in [0.717, 1.165) is 38.4 Å². The molecule has 2 aliphatic rings. The van der Waals surface area contributed by atoms with Gasteiger partial charge in [-0.2, -0.15) is 0 Å². The van der Waals surface area contributed by atoms with Crippen molar-refractivity contribution in [2.45, 2.75) is 44.8 Å². The lowest BCUT2D eigenvalue weighted by atomic mass is 9.95. The first-order valence-corrected chi connectivity index (χ1v) is 6.53. The van der Waals surface area contributed by atoms with Gasteiger partial charge in [-0.15, -0.1) is 0 Å². The summed E-state index contributed by atoms with van der Waals surface area (Å²) in [5.41, 5.74) is -0.0777. The van der Waals surface area contributed by atoms with Gasteiger partial charge in [0.2, 0.25) is 0 Å². The Labute approximate surface area is 102 Å². The maximum absolute atomic E-state index is 5.99. The predicted molar refractivity (Wildman–Crippen MR) is 63.9 cm³/mol. The average Bonchev–Trinajstić information content (AvgIpc) is 3.00. The van der Waals surface area contributed by atoms with Crippen LogP contribution >= 0.6 is 0 Å². The first-order chi connectivity index (χ1) is 8.23. The molecule has 1 aliphatic carbocycles. The fourth-order valence-corrected chi connectivity index (χ4v) is 2.29. The van der Waals surface area contributed by atoms with Crippen LogP contribution in [0.3, 0.4) is 0 Å². The van der Waals surface area contributed by atoms with Crippen LogP contribution in [0, 0.1) is 5.92 Å². The standard InChI is InChI=1S/C12H20N4O/c1-12(4-6-13-7-5-12)17-11-9-16(15-14-11)8-10-2-3-10/h9-10,13H,2-8H2,1H3. The number of piperidine rings is 1. The molecule has 5 nitrogen and oxygen atoms in total. The molecule has 1 saturated heterocycles. The molecule has 0 aromatic carbocycles. The van der Waals surface area contributed by atoms with Gasteiger partial charge in [-0.05, 0) is 51.6 Å². The van der Waals surface area contributed by atoms with E-state index in [2.05, 4.69) is 22.6 Å². The summed E-state index contributed by atoms with van der Waals surface area (Å²) in [5.74, 6) is 1.49. The van der Waals surface area contributed by atoms with Crippen LogP contribution in [0.4, 0.5) is 0 Å². The normalized spacial score (nSPS) is 23.6. The zero-order chi connectivity index (χ0) is 11.7. The summed E-state index contributed by atoms with van der Waals surface area (Å²) in [7, 11) is 0. The molecule has 17 heavy (non-hydrogen) atoms. The molecule has 1 N–H and O–H groups in total. The van der Waals surface area contributed by atoms with E-state index in [-0.39, 0.29) is 5.60 Å². The van der Waals surface area contributed by atoms with Crippen LogP contribution in [-0.2, 0) is 6.54 Å². The fourth-order valence-electron chi connectivity index (χ4n) is 2.29. The Balaban J connectivity index is 1.61. The van der Waals surface area contributed by atoms with Gasteiger partial charge in [0.15, 0.2) is 0 Å². The summed E-state index contributed by atoms with van der Waals surface area (Å²) in [5, 5.41) is 11.6. The van der Waals surface area contributed by atoms with E-state index in [1.165, 1.54) is 12.8 Å². The van der Waals surface area contributed by atoms with E-state index in [9.17, 15) is 0 Å². The SMILES string of the molecule is CC1(Oc2cn(CC3CC3)nn2)CCNCC1. The molecule has 0 bridgehead atoms. The van der Waals surface area contributed by atoms with Gasteiger partial charge >= 0.3 is 0 Å². The molecule has 1 aromatic heterocycles. The van der Waals surface area contributed by atoms with Crippen LogP contribution < -0.4 is 10.1 Å². The Morgan fingerprint density at radius 3 is 2.94 bits per heavy atom. The lowest BCUT2D eigenvalue weighted by Gasteiger charge is -2.33. The van der Waals surface area contributed by atoms with Gasteiger partial charge in [-0.3, -0.25) is 0 Å². The monoisotopic (exact) mass is 236 g/mol. The van der Waals surface area contributed by atoms with Crippen molar-refractivity contribution in [1.82, 2.24) is 20.3 Å². The molecular formula is C12H20N4O. The molecule has 2 heterocycles. The van der Waals surface area contributed by atoms with Gasteiger partial charge in [0.25, 0.3) is 5.88 Å². The summed E-state index contributed by atoms with van der Waals surface area (Å²) in [6.45, 7) is 5.20. The van der Waals surface area contributed by atoms with E-state index >= 15 is 0 Å². The molecule has 0 unspecified atom stereocenters. The number of aromatic nitrogens is 3. The molecule has 0 spiro atoms. The second kappa shape index (κ2) is 4.29. The number of nitrogens with zero attached hydrogens (tertiary/aromatic N) is 3. The van der Waals surface area contributed by atoms with Crippen LogP contribution in [0.25, 0.3) is 0 Å². The highest BCUT2D eigenvalue weighted by Crippen LogP contribution is 2.31. The maximum Gasteiger partial charge on any atom is 0.254 e. The van der Waals surface area contributed by atoms with Gasteiger partial charge in [0.1, 0.15) is 5.60 Å². The van der Waals surface area contributed by atoms with Crippen molar-refractivity contribution in [1.29, 1.82) is 0 Å². The Morgan fingerprint density at radius 1 is 1.47 bits per heavy atom. The van der Waals surface area contributed by atoms with Crippen molar-refractivity contribution in [3.05, 3.63) is 6.20 Å². The molecule has 5 heteroatoms. The van der Waals surface area contributed by atoms with Crippen molar-refractivity contribution in [2.75, 3.05) is 13.1 Å². The first kappa shape index (κ1) is 11.0. The highest BCUT2D eigenvalue weighted by molar-refractivity contribution is 5.03. The van der Waals surface area contributed by atoms with Gasteiger partial charge in [-0.1, -0.05) is 10.3 Å². The average molecular weight is 236 g/mol. The minimum Gasteiger partial charge on any atom is -0.469 e. The highest BCUT2D eigenvalue weighted by atomic mass is 16.5. The topological polar surface area (TPSA) is 52.0 Å². The Kier molecular flexibility index (Phi) is 2.78. The number of ether oxygens (including phenoxy) is 1. The van der Waals surface area contributed by atoms with E-state index in [1.54, 1.807) is 0 Å². The molecule has 1 aromatic rings. The van der Waals surface area contributed by atoms with Crippen molar-refractivity contribution >= 4 is 0 Å². The highest BCUT2D eigenvalue weighted by Gasteiger charge is 2.30. The minimum absolute atomic E-state index is 0.0777. The van der Waals surface area contributed by atoms with Gasteiger partial charge in [0.05, 0.1) is 6.20 Å². The van der Waals surface area contributed by atoms with Crippen LogP contribution in [0.15, 0.2) is 6.20 Å². The molecule has 0 radical (unpaired) electrons. The summed E-state index contributed by atoms with van der Waals surface area (Å²) in [6, 6.07) is 0. The zero-order valence-electron chi connectivity index (χ0n) is 10.4. The minimum atomic E-state index is -0.0777. The summed E-state index contributed by atoms with van der Waals surface area (Å²) in [6.07, 6.45) is 6.66. The summed E-state index contributed by atoms with van der Waals surface area (Å²) in [4.78, 5) is 0. The zero-order valence-corrected chi connectivity index (χ0v) is 10.4. The van der Waals surface area contributed by atoms with E-state index in [1.807, 2.05) is 10.9 Å². The largest absolute Gasteiger partial charge is 0.469 e. The molecular weight excluding hydrogens is 216 g/mol. The van der Waals surface area contributed by atoms with E-state index in [0.29, 0.717) is 5.88 Å². The lowest BCUT2D eigenvalue weighted by Crippen LogP contribution is -2.43. The number of hydrogen-bond acceptors (Lipinski definition) is 4. The predicted octanol–water partition coefficient (Wildman–Crippen LogP) is 1.21. The van der Waals surface area contributed by atoms with Crippen LogP contribution in [-0.4, -0.2) is 33.7 Å². The third-order valence-electron chi connectivity index (χ3n) is 3.67. The number of hydrogen-bond donors (Lipinski definition) is 1. The molecule has 94 valence electrons.